The fourth-order valence-electron chi connectivity index (χ4n) is 2.84. The summed E-state index contributed by atoms with van der Waals surface area (Å²) in [6, 6.07) is 17.6. The average Bonchev–Trinajstić information content (AvgIpc) is 3.08. The highest BCUT2D eigenvalue weighted by Crippen LogP contribution is 2.31. The van der Waals surface area contributed by atoms with E-state index < -0.39 is 0 Å². The van der Waals surface area contributed by atoms with E-state index in [4.69, 9.17) is 11.6 Å². The monoisotopic (exact) mass is 381 g/mol. The van der Waals surface area contributed by atoms with E-state index in [1.54, 1.807) is 0 Å². The van der Waals surface area contributed by atoms with E-state index in [9.17, 15) is 4.79 Å². The Balaban J connectivity index is 1.58. The molecule has 0 aliphatic heterocycles. The summed E-state index contributed by atoms with van der Waals surface area (Å²) in [5, 5.41) is 6.58. The molecule has 0 amide bonds. The van der Waals surface area contributed by atoms with Crippen LogP contribution in [0.25, 0.3) is 21.3 Å². The van der Waals surface area contributed by atoms with Crippen LogP contribution in [0.3, 0.4) is 0 Å². The summed E-state index contributed by atoms with van der Waals surface area (Å²) < 4.78 is 0. The molecule has 0 atom stereocenters. The van der Waals surface area contributed by atoms with Gasteiger partial charge in [0.1, 0.15) is 10.7 Å². The van der Waals surface area contributed by atoms with Gasteiger partial charge in [-0.2, -0.15) is 0 Å². The fourth-order valence-corrected chi connectivity index (χ4v) is 3.93. The zero-order chi connectivity index (χ0) is 17.9. The minimum Gasteiger partial charge on any atom is -0.309 e. The van der Waals surface area contributed by atoms with Gasteiger partial charge in [0.05, 0.1) is 11.9 Å². The number of hydrogen-bond acceptors (Lipinski definition) is 4. The summed E-state index contributed by atoms with van der Waals surface area (Å²) in [7, 11) is 0. The van der Waals surface area contributed by atoms with E-state index in [1.807, 2.05) is 47.8 Å². The molecule has 130 valence electrons. The zero-order valence-electron chi connectivity index (χ0n) is 13.8. The smallest absolute Gasteiger partial charge is 0.260 e. The van der Waals surface area contributed by atoms with Gasteiger partial charge in [-0.15, -0.1) is 11.3 Å². The van der Waals surface area contributed by atoms with Crippen LogP contribution in [0.5, 0.6) is 0 Å². The molecule has 0 saturated carbocycles. The van der Waals surface area contributed by atoms with Crippen molar-refractivity contribution >= 4 is 33.2 Å². The van der Waals surface area contributed by atoms with Crippen LogP contribution in [-0.2, 0) is 13.1 Å². The number of fused-ring (bicyclic) bond motifs is 1. The van der Waals surface area contributed by atoms with E-state index >= 15 is 0 Å². The maximum Gasteiger partial charge on any atom is 0.260 e. The molecular formula is C20H16ClN3OS. The summed E-state index contributed by atoms with van der Waals surface area (Å²) in [5.41, 5.74) is 2.93. The lowest BCUT2D eigenvalue weighted by Gasteiger charge is -2.05. The molecule has 26 heavy (non-hydrogen) atoms. The molecule has 0 radical (unpaired) electrons. The van der Waals surface area contributed by atoms with E-state index in [2.05, 4.69) is 27.4 Å². The number of aromatic amines is 1. The molecule has 2 N–H and O–H groups in total. The number of hydrogen-bond donors (Lipinski definition) is 2. The number of halogens is 1. The van der Waals surface area contributed by atoms with Crippen LogP contribution in [0.15, 0.2) is 64.8 Å². The van der Waals surface area contributed by atoms with Gasteiger partial charge < -0.3 is 10.3 Å². The van der Waals surface area contributed by atoms with Gasteiger partial charge in [-0.1, -0.05) is 54.1 Å². The Kier molecular flexibility index (Phi) is 4.84. The highest BCUT2D eigenvalue weighted by Gasteiger charge is 2.12. The van der Waals surface area contributed by atoms with E-state index in [0.717, 1.165) is 22.5 Å². The number of nitrogens with one attached hydrogen (secondary N) is 2. The van der Waals surface area contributed by atoms with Crippen LogP contribution in [0, 0.1) is 0 Å². The Hall–Kier alpha value is -2.47. The van der Waals surface area contributed by atoms with E-state index in [0.29, 0.717) is 22.8 Å². The van der Waals surface area contributed by atoms with Gasteiger partial charge in [0.25, 0.3) is 5.56 Å². The molecule has 4 nitrogen and oxygen atoms in total. The number of thiophene rings is 1. The zero-order valence-corrected chi connectivity index (χ0v) is 15.4. The summed E-state index contributed by atoms with van der Waals surface area (Å²) in [6.45, 7) is 1.23. The van der Waals surface area contributed by atoms with Crippen molar-refractivity contribution in [1.29, 1.82) is 0 Å². The number of rotatable bonds is 5. The highest BCUT2D eigenvalue weighted by atomic mass is 35.5. The van der Waals surface area contributed by atoms with Crippen molar-refractivity contribution in [2.45, 2.75) is 13.1 Å². The second kappa shape index (κ2) is 7.41. The lowest BCUT2D eigenvalue weighted by molar-refractivity contribution is 0.663. The molecular weight excluding hydrogens is 366 g/mol. The van der Waals surface area contributed by atoms with Crippen LogP contribution in [0.1, 0.15) is 11.4 Å². The standard InChI is InChI=1S/C20H16ClN3OS/c21-15-8-6-14(7-9-15)16-12-26-20-18(16)19(25)23-17(24-20)11-22-10-13-4-2-1-3-5-13/h1-9,12,22H,10-11H2,(H,23,24,25). The lowest BCUT2D eigenvalue weighted by atomic mass is 10.1. The van der Waals surface area contributed by atoms with Crippen LogP contribution in [0.4, 0.5) is 0 Å². The van der Waals surface area contributed by atoms with E-state index in [1.165, 1.54) is 16.9 Å². The quantitative estimate of drug-likeness (QED) is 0.531. The first-order chi connectivity index (χ1) is 12.7. The third-order valence-electron chi connectivity index (χ3n) is 4.11. The SMILES string of the molecule is O=c1[nH]c(CNCc2ccccc2)nc2scc(-c3ccc(Cl)cc3)c12. The molecule has 0 fully saturated rings. The first kappa shape index (κ1) is 17.0. The van der Waals surface area contributed by atoms with Crippen molar-refractivity contribution in [3.8, 4) is 11.1 Å². The molecule has 4 aromatic rings. The fraction of sp³-hybridized carbons (Fsp3) is 0.100. The van der Waals surface area contributed by atoms with Crippen molar-refractivity contribution < 1.29 is 0 Å². The van der Waals surface area contributed by atoms with Crippen molar-refractivity contribution in [1.82, 2.24) is 15.3 Å². The minimum atomic E-state index is -0.113. The van der Waals surface area contributed by atoms with Gasteiger partial charge >= 0.3 is 0 Å². The average molecular weight is 382 g/mol. The normalized spacial score (nSPS) is 11.1. The molecule has 0 aliphatic rings. The van der Waals surface area contributed by atoms with Gasteiger partial charge in [-0.05, 0) is 23.3 Å². The Morgan fingerprint density at radius 1 is 1.04 bits per heavy atom. The van der Waals surface area contributed by atoms with Gasteiger partial charge in [0.2, 0.25) is 0 Å². The predicted molar refractivity (Wildman–Crippen MR) is 108 cm³/mol. The molecule has 0 spiro atoms. The first-order valence-corrected chi connectivity index (χ1v) is 9.47. The molecule has 2 heterocycles. The maximum absolute atomic E-state index is 12.6. The van der Waals surface area contributed by atoms with Crippen molar-refractivity contribution in [3.05, 3.63) is 86.7 Å². The molecule has 4 rings (SSSR count). The summed E-state index contributed by atoms with van der Waals surface area (Å²) in [5.74, 6) is 0.642. The third-order valence-corrected chi connectivity index (χ3v) is 5.24. The van der Waals surface area contributed by atoms with Crippen molar-refractivity contribution in [2.24, 2.45) is 0 Å². The number of H-pyrrole nitrogens is 1. The van der Waals surface area contributed by atoms with Crippen LogP contribution < -0.4 is 10.9 Å². The van der Waals surface area contributed by atoms with Gasteiger partial charge in [-0.25, -0.2) is 4.98 Å². The van der Waals surface area contributed by atoms with Crippen molar-refractivity contribution in [3.63, 3.8) is 0 Å². The number of aromatic nitrogens is 2. The van der Waals surface area contributed by atoms with Crippen LogP contribution in [0.2, 0.25) is 5.02 Å². The van der Waals surface area contributed by atoms with Crippen LogP contribution in [-0.4, -0.2) is 9.97 Å². The molecule has 0 aliphatic carbocycles. The first-order valence-electron chi connectivity index (χ1n) is 8.22. The molecule has 2 aromatic heterocycles. The summed E-state index contributed by atoms with van der Waals surface area (Å²) in [4.78, 5) is 20.9. The summed E-state index contributed by atoms with van der Waals surface area (Å²) in [6.07, 6.45) is 0. The largest absolute Gasteiger partial charge is 0.309 e. The molecule has 6 heteroatoms. The Morgan fingerprint density at radius 3 is 2.58 bits per heavy atom. The van der Waals surface area contributed by atoms with Gasteiger partial charge in [0, 0.05) is 22.5 Å². The second-order valence-electron chi connectivity index (χ2n) is 5.94. The van der Waals surface area contributed by atoms with Gasteiger partial charge in [0.15, 0.2) is 0 Å². The van der Waals surface area contributed by atoms with E-state index in [-0.39, 0.29) is 5.56 Å². The van der Waals surface area contributed by atoms with Gasteiger partial charge in [-0.3, -0.25) is 4.79 Å². The molecule has 0 saturated heterocycles. The maximum atomic E-state index is 12.6. The van der Waals surface area contributed by atoms with Crippen LogP contribution >= 0.6 is 22.9 Å². The minimum absolute atomic E-state index is 0.113. The summed E-state index contributed by atoms with van der Waals surface area (Å²) >= 11 is 7.43. The molecule has 0 unspecified atom stereocenters. The molecule has 0 bridgehead atoms. The third kappa shape index (κ3) is 3.55. The number of nitrogens with zero attached hydrogens (tertiary/aromatic N) is 1. The lowest BCUT2D eigenvalue weighted by Crippen LogP contribution is -2.19. The Morgan fingerprint density at radius 2 is 1.81 bits per heavy atom. The topological polar surface area (TPSA) is 57.8 Å². The Bertz CT molecular complexity index is 1090. The second-order valence-corrected chi connectivity index (χ2v) is 7.23. The predicted octanol–water partition coefficient (Wildman–Crippen LogP) is 4.59. The highest BCUT2D eigenvalue weighted by molar-refractivity contribution is 7.17. The Labute approximate surface area is 159 Å². The van der Waals surface area contributed by atoms with Crippen molar-refractivity contribution in [2.75, 3.05) is 0 Å². The molecule has 2 aromatic carbocycles. The number of benzene rings is 2.